The summed E-state index contributed by atoms with van der Waals surface area (Å²) in [5, 5.41) is 0. The van der Waals surface area contributed by atoms with E-state index in [1.807, 2.05) is 31.2 Å². The second-order valence-corrected chi connectivity index (χ2v) is 6.83. The molecule has 1 aliphatic heterocycles. The molecule has 0 N–H and O–H groups in total. The predicted molar refractivity (Wildman–Crippen MR) is 83.4 cm³/mol. The second-order valence-electron chi connectivity index (χ2n) is 5.38. The summed E-state index contributed by atoms with van der Waals surface area (Å²) in [6, 6.07) is 10.7. The summed E-state index contributed by atoms with van der Waals surface area (Å²) in [7, 11) is -1.12. The van der Waals surface area contributed by atoms with E-state index < -0.39 is 10.8 Å². The highest BCUT2D eigenvalue weighted by Crippen LogP contribution is 2.30. The maximum absolute atomic E-state index is 13.7. The van der Waals surface area contributed by atoms with E-state index in [1.54, 1.807) is 0 Å². The van der Waals surface area contributed by atoms with Gasteiger partial charge >= 0.3 is 0 Å². The number of ether oxygens (including phenoxy) is 2. The van der Waals surface area contributed by atoms with Crippen molar-refractivity contribution >= 4 is 10.8 Å². The van der Waals surface area contributed by atoms with Gasteiger partial charge in [0.2, 0.25) is 0 Å². The lowest BCUT2D eigenvalue weighted by atomic mass is 10.1. The quantitative estimate of drug-likeness (QED) is 0.865. The zero-order valence-corrected chi connectivity index (χ0v) is 13.1. The zero-order chi connectivity index (χ0) is 15.5. The molecule has 0 fully saturated rings. The van der Waals surface area contributed by atoms with Crippen LogP contribution in [0.1, 0.15) is 22.3 Å². The molecule has 0 spiro atoms. The average Bonchev–Trinajstić information content (AvgIpc) is 2.49. The fraction of sp³-hybridized carbons (Fsp3) is 0.294. The summed E-state index contributed by atoms with van der Waals surface area (Å²) in [6.07, 6.45) is 0. The van der Waals surface area contributed by atoms with E-state index in [4.69, 9.17) is 9.47 Å². The van der Waals surface area contributed by atoms with Crippen molar-refractivity contribution in [3.8, 4) is 5.75 Å². The third kappa shape index (κ3) is 3.54. The Morgan fingerprint density at radius 2 is 1.95 bits per heavy atom. The lowest BCUT2D eigenvalue weighted by Gasteiger charge is -2.20. The van der Waals surface area contributed by atoms with Crippen molar-refractivity contribution < 1.29 is 18.1 Å². The van der Waals surface area contributed by atoms with Gasteiger partial charge in [0.25, 0.3) is 0 Å². The molecule has 3 nitrogen and oxygen atoms in total. The molecule has 0 amide bonds. The standard InChI is InChI=1S/C17H17FO3S/c1-12-2-4-13(5-3-12)9-22(19)10-15-7-16(18)6-14-8-20-11-21-17(14)15/h2-7H,8-11H2,1H3. The van der Waals surface area contributed by atoms with Crippen molar-refractivity contribution in [3.63, 3.8) is 0 Å². The normalized spacial score (nSPS) is 15.0. The predicted octanol–water partition coefficient (Wildman–Crippen LogP) is 3.45. The highest BCUT2D eigenvalue weighted by Gasteiger charge is 2.18. The van der Waals surface area contributed by atoms with E-state index in [2.05, 4.69) is 0 Å². The molecule has 0 aromatic heterocycles. The molecule has 22 heavy (non-hydrogen) atoms. The Balaban J connectivity index is 1.76. The first-order chi connectivity index (χ1) is 10.6. The SMILES string of the molecule is Cc1ccc(CS(=O)Cc2cc(F)cc3c2OCOC3)cc1. The molecule has 0 bridgehead atoms. The fourth-order valence-corrected chi connectivity index (χ4v) is 3.69. The molecule has 1 unspecified atom stereocenters. The van der Waals surface area contributed by atoms with Crippen LogP contribution in [0.3, 0.4) is 0 Å². The summed E-state index contributed by atoms with van der Waals surface area (Å²) in [5.41, 5.74) is 3.50. The van der Waals surface area contributed by atoms with Gasteiger partial charge in [-0.2, -0.15) is 0 Å². The van der Waals surface area contributed by atoms with Gasteiger partial charge in [-0.1, -0.05) is 29.8 Å². The number of hydrogen-bond donors (Lipinski definition) is 0. The zero-order valence-electron chi connectivity index (χ0n) is 12.3. The number of benzene rings is 2. The third-order valence-electron chi connectivity index (χ3n) is 3.52. The number of halogens is 1. The van der Waals surface area contributed by atoms with Crippen LogP contribution in [0.2, 0.25) is 0 Å². The molecule has 1 atom stereocenters. The van der Waals surface area contributed by atoms with Gasteiger partial charge in [0.15, 0.2) is 6.79 Å². The summed E-state index contributed by atoms with van der Waals surface area (Å²) in [5.74, 6) is 0.982. The monoisotopic (exact) mass is 320 g/mol. The molecule has 2 aromatic rings. The molecule has 0 saturated carbocycles. The molecule has 0 saturated heterocycles. The van der Waals surface area contributed by atoms with Gasteiger partial charge in [0.1, 0.15) is 11.6 Å². The van der Waals surface area contributed by atoms with E-state index >= 15 is 0 Å². The minimum atomic E-state index is -1.12. The van der Waals surface area contributed by atoms with Crippen molar-refractivity contribution in [1.29, 1.82) is 0 Å². The number of fused-ring (bicyclic) bond motifs is 1. The van der Waals surface area contributed by atoms with E-state index in [0.717, 1.165) is 5.56 Å². The van der Waals surface area contributed by atoms with Crippen molar-refractivity contribution in [2.24, 2.45) is 0 Å². The molecule has 116 valence electrons. The average molecular weight is 320 g/mol. The fourth-order valence-electron chi connectivity index (χ4n) is 2.46. The van der Waals surface area contributed by atoms with E-state index in [9.17, 15) is 8.60 Å². The Labute approximate surface area is 131 Å². The van der Waals surface area contributed by atoms with Crippen LogP contribution in [0, 0.1) is 12.7 Å². The number of rotatable bonds is 4. The smallest absolute Gasteiger partial charge is 0.189 e. The first-order valence-corrected chi connectivity index (χ1v) is 8.53. The largest absolute Gasteiger partial charge is 0.467 e. The van der Waals surface area contributed by atoms with Crippen molar-refractivity contribution in [2.45, 2.75) is 25.0 Å². The van der Waals surface area contributed by atoms with Crippen molar-refractivity contribution in [2.75, 3.05) is 6.79 Å². The molecule has 2 aromatic carbocycles. The topological polar surface area (TPSA) is 35.5 Å². The summed E-state index contributed by atoms with van der Waals surface area (Å²) in [6.45, 7) is 2.49. The lowest BCUT2D eigenvalue weighted by Crippen LogP contribution is -2.14. The minimum absolute atomic E-state index is 0.149. The number of aryl methyl sites for hydroxylation is 1. The molecule has 5 heteroatoms. The van der Waals surface area contributed by atoms with Crippen LogP contribution in [0.4, 0.5) is 4.39 Å². The van der Waals surface area contributed by atoms with Crippen LogP contribution in [0.15, 0.2) is 36.4 Å². The number of hydrogen-bond acceptors (Lipinski definition) is 3. The highest BCUT2D eigenvalue weighted by molar-refractivity contribution is 7.83. The lowest BCUT2D eigenvalue weighted by molar-refractivity contribution is -0.0171. The van der Waals surface area contributed by atoms with Gasteiger partial charge in [-0.25, -0.2) is 4.39 Å². The molecule has 0 aliphatic carbocycles. The molecule has 0 radical (unpaired) electrons. The van der Waals surface area contributed by atoms with Gasteiger partial charge in [0, 0.05) is 27.7 Å². The van der Waals surface area contributed by atoms with E-state index in [1.165, 1.54) is 17.7 Å². The van der Waals surface area contributed by atoms with Crippen molar-refractivity contribution in [3.05, 3.63) is 64.5 Å². The van der Waals surface area contributed by atoms with Crippen LogP contribution in [-0.2, 0) is 33.6 Å². The van der Waals surface area contributed by atoms with Gasteiger partial charge in [0.05, 0.1) is 12.4 Å². The summed E-state index contributed by atoms with van der Waals surface area (Å²) < 4.78 is 36.6. The molecule has 1 heterocycles. The van der Waals surface area contributed by atoms with Gasteiger partial charge in [-0.3, -0.25) is 4.21 Å². The van der Waals surface area contributed by atoms with Crippen LogP contribution in [-0.4, -0.2) is 11.0 Å². The first kappa shape index (κ1) is 15.2. The second kappa shape index (κ2) is 6.58. The molecular weight excluding hydrogens is 303 g/mol. The Bertz CT molecular complexity index is 698. The Hall–Kier alpha value is -1.72. The highest BCUT2D eigenvalue weighted by atomic mass is 32.2. The Kier molecular flexibility index (Phi) is 4.55. The Morgan fingerprint density at radius 3 is 2.73 bits per heavy atom. The Morgan fingerprint density at radius 1 is 1.18 bits per heavy atom. The van der Waals surface area contributed by atoms with Gasteiger partial charge in [-0.15, -0.1) is 0 Å². The van der Waals surface area contributed by atoms with Gasteiger partial charge in [-0.05, 0) is 24.6 Å². The molecular formula is C17H17FO3S. The first-order valence-electron chi connectivity index (χ1n) is 7.04. The van der Waals surface area contributed by atoms with Crippen LogP contribution in [0.5, 0.6) is 5.75 Å². The molecule has 3 rings (SSSR count). The summed E-state index contributed by atoms with van der Waals surface area (Å²) >= 11 is 0. The molecule has 1 aliphatic rings. The minimum Gasteiger partial charge on any atom is -0.467 e. The van der Waals surface area contributed by atoms with Crippen LogP contribution >= 0.6 is 0 Å². The van der Waals surface area contributed by atoms with Gasteiger partial charge < -0.3 is 9.47 Å². The van der Waals surface area contributed by atoms with E-state index in [-0.39, 0.29) is 18.4 Å². The third-order valence-corrected chi connectivity index (χ3v) is 4.80. The van der Waals surface area contributed by atoms with Crippen LogP contribution in [0.25, 0.3) is 0 Å². The summed E-state index contributed by atoms with van der Waals surface area (Å²) in [4.78, 5) is 0. The van der Waals surface area contributed by atoms with Crippen molar-refractivity contribution in [1.82, 2.24) is 0 Å². The van der Waals surface area contributed by atoms with E-state index in [0.29, 0.717) is 29.2 Å². The maximum atomic E-state index is 13.7. The van der Waals surface area contributed by atoms with Crippen LogP contribution < -0.4 is 4.74 Å². The maximum Gasteiger partial charge on any atom is 0.189 e.